The number of halogens is 1. The first-order chi connectivity index (χ1) is 12.6. The van der Waals surface area contributed by atoms with E-state index >= 15 is 0 Å². The highest BCUT2D eigenvalue weighted by Gasteiger charge is 2.19. The standard InChI is InChI=1S/C21H21ClN2O2/c1-24-18-8-3-2-7-17(18)19(22)20(24)21(25)23-11-12-26-16-10-9-14-5-4-6-15(14)13-16/h2-3,7-10,13H,4-6,11-12H2,1H3,(H,23,25). The van der Waals surface area contributed by atoms with Crippen LogP contribution >= 0.6 is 11.6 Å². The van der Waals surface area contributed by atoms with Crippen molar-refractivity contribution in [1.82, 2.24) is 9.88 Å². The second-order valence-electron chi connectivity index (χ2n) is 6.63. The number of para-hydroxylation sites is 1. The van der Waals surface area contributed by atoms with Crippen LogP contribution < -0.4 is 10.1 Å². The number of carbonyl (C=O) groups is 1. The van der Waals surface area contributed by atoms with Gasteiger partial charge < -0.3 is 14.6 Å². The number of carbonyl (C=O) groups excluding carboxylic acids is 1. The van der Waals surface area contributed by atoms with E-state index in [1.807, 2.05) is 41.9 Å². The van der Waals surface area contributed by atoms with Gasteiger partial charge in [-0.05, 0) is 48.6 Å². The molecule has 1 aliphatic carbocycles. The van der Waals surface area contributed by atoms with Crippen molar-refractivity contribution in [3.63, 3.8) is 0 Å². The molecular formula is C21H21ClN2O2. The summed E-state index contributed by atoms with van der Waals surface area (Å²) in [5.74, 6) is 0.675. The summed E-state index contributed by atoms with van der Waals surface area (Å²) in [5.41, 5.74) is 4.23. The maximum Gasteiger partial charge on any atom is 0.269 e. The summed E-state index contributed by atoms with van der Waals surface area (Å²) < 4.78 is 7.61. The van der Waals surface area contributed by atoms with Gasteiger partial charge in [-0.2, -0.15) is 0 Å². The molecule has 1 amide bonds. The molecule has 0 saturated heterocycles. The zero-order valence-electron chi connectivity index (χ0n) is 14.7. The highest BCUT2D eigenvalue weighted by Crippen LogP contribution is 2.29. The number of rotatable bonds is 5. The average Bonchev–Trinajstić information content (AvgIpc) is 3.22. The number of benzene rings is 2. The van der Waals surface area contributed by atoms with Crippen molar-refractivity contribution < 1.29 is 9.53 Å². The summed E-state index contributed by atoms with van der Waals surface area (Å²) in [5, 5.41) is 4.27. The van der Waals surface area contributed by atoms with E-state index in [0.717, 1.165) is 29.5 Å². The van der Waals surface area contributed by atoms with Crippen LogP contribution in [0.3, 0.4) is 0 Å². The van der Waals surface area contributed by atoms with E-state index in [4.69, 9.17) is 16.3 Å². The Morgan fingerprint density at radius 3 is 2.85 bits per heavy atom. The third kappa shape index (κ3) is 3.06. The number of nitrogens with zero attached hydrogens (tertiary/aromatic N) is 1. The maximum absolute atomic E-state index is 12.5. The topological polar surface area (TPSA) is 43.3 Å². The van der Waals surface area contributed by atoms with Gasteiger partial charge in [0.2, 0.25) is 0 Å². The molecular weight excluding hydrogens is 348 g/mol. The van der Waals surface area contributed by atoms with Gasteiger partial charge in [-0.15, -0.1) is 0 Å². The van der Waals surface area contributed by atoms with Crippen LogP contribution in [0.1, 0.15) is 28.0 Å². The van der Waals surface area contributed by atoms with Crippen molar-refractivity contribution in [3.05, 3.63) is 64.3 Å². The Balaban J connectivity index is 1.37. The summed E-state index contributed by atoms with van der Waals surface area (Å²) in [7, 11) is 1.85. The Morgan fingerprint density at radius 2 is 2.00 bits per heavy atom. The number of ether oxygens (including phenoxy) is 1. The molecule has 0 atom stereocenters. The Bertz CT molecular complexity index is 939. The van der Waals surface area contributed by atoms with Crippen LogP contribution in [0.4, 0.5) is 0 Å². The minimum Gasteiger partial charge on any atom is -0.492 e. The van der Waals surface area contributed by atoms with Crippen LogP contribution in [0.15, 0.2) is 42.5 Å². The molecule has 0 bridgehead atoms. The zero-order valence-corrected chi connectivity index (χ0v) is 15.5. The van der Waals surface area contributed by atoms with Crippen molar-refractivity contribution >= 4 is 28.4 Å². The molecule has 0 radical (unpaired) electrons. The fourth-order valence-corrected chi connectivity index (χ4v) is 4.03. The quantitative estimate of drug-likeness (QED) is 0.688. The summed E-state index contributed by atoms with van der Waals surface area (Å²) in [6, 6.07) is 14.0. The third-order valence-electron chi connectivity index (χ3n) is 4.99. The Kier molecular flexibility index (Phi) is 4.60. The lowest BCUT2D eigenvalue weighted by Crippen LogP contribution is -2.29. The molecule has 26 heavy (non-hydrogen) atoms. The van der Waals surface area contributed by atoms with Gasteiger partial charge in [0.15, 0.2) is 0 Å². The lowest BCUT2D eigenvalue weighted by molar-refractivity contribution is 0.0939. The van der Waals surface area contributed by atoms with Crippen LogP contribution in [-0.2, 0) is 19.9 Å². The number of nitrogens with one attached hydrogen (secondary N) is 1. The van der Waals surface area contributed by atoms with E-state index in [2.05, 4.69) is 17.4 Å². The molecule has 1 heterocycles. The van der Waals surface area contributed by atoms with E-state index in [1.165, 1.54) is 17.5 Å². The second kappa shape index (κ2) is 7.04. The lowest BCUT2D eigenvalue weighted by atomic mass is 10.1. The largest absolute Gasteiger partial charge is 0.492 e. The Labute approximate surface area is 157 Å². The highest BCUT2D eigenvalue weighted by molar-refractivity contribution is 6.38. The first kappa shape index (κ1) is 17.0. The summed E-state index contributed by atoms with van der Waals surface area (Å²) in [6.07, 6.45) is 3.51. The van der Waals surface area contributed by atoms with E-state index < -0.39 is 0 Å². The molecule has 1 N–H and O–H groups in total. The Hall–Kier alpha value is -2.46. The number of hydrogen-bond donors (Lipinski definition) is 1. The second-order valence-corrected chi connectivity index (χ2v) is 7.01. The summed E-state index contributed by atoms with van der Waals surface area (Å²) >= 11 is 6.41. The van der Waals surface area contributed by atoms with Crippen molar-refractivity contribution in [3.8, 4) is 5.75 Å². The monoisotopic (exact) mass is 368 g/mol. The number of aryl methyl sites for hydroxylation is 3. The molecule has 1 aromatic heterocycles. The molecule has 4 nitrogen and oxygen atoms in total. The van der Waals surface area contributed by atoms with E-state index in [1.54, 1.807) is 0 Å². The average molecular weight is 369 g/mol. The minimum absolute atomic E-state index is 0.189. The fourth-order valence-electron chi connectivity index (χ4n) is 3.65. The van der Waals surface area contributed by atoms with Crippen molar-refractivity contribution in [2.24, 2.45) is 7.05 Å². The SMILES string of the molecule is Cn1c(C(=O)NCCOc2ccc3c(c2)CCC3)c(Cl)c2ccccc21. The van der Waals surface area contributed by atoms with Gasteiger partial charge in [0.05, 0.1) is 11.6 Å². The molecule has 0 aliphatic heterocycles. The lowest BCUT2D eigenvalue weighted by Gasteiger charge is -2.10. The van der Waals surface area contributed by atoms with Gasteiger partial charge in [0.1, 0.15) is 18.1 Å². The fraction of sp³-hybridized carbons (Fsp3) is 0.286. The van der Waals surface area contributed by atoms with Gasteiger partial charge in [-0.1, -0.05) is 35.9 Å². The van der Waals surface area contributed by atoms with Gasteiger partial charge in [-0.25, -0.2) is 0 Å². The number of hydrogen-bond acceptors (Lipinski definition) is 2. The summed E-state index contributed by atoms with van der Waals surface area (Å²) in [4.78, 5) is 12.5. The van der Waals surface area contributed by atoms with Gasteiger partial charge in [-0.3, -0.25) is 4.79 Å². The maximum atomic E-state index is 12.5. The molecule has 2 aromatic carbocycles. The third-order valence-corrected chi connectivity index (χ3v) is 5.37. The highest BCUT2D eigenvalue weighted by atomic mass is 35.5. The molecule has 5 heteroatoms. The predicted molar refractivity (Wildman–Crippen MR) is 104 cm³/mol. The molecule has 0 spiro atoms. The first-order valence-electron chi connectivity index (χ1n) is 8.91. The minimum atomic E-state index is -0.189. The smallest absolute Gasteiger partial charge is 0.269 e. The predicted octanol–water partition coefficient (Wildman–Crippen LogP) is 4.13. The molecule has 3 aromatic rings. The van der Waals surface area contributed by atoms with Gasteiger partial charge >= 0.3 is 0 Å². The van der Waals surface area contributed by atoms with E-state index in [0.29, 0.717) is 23.9 Å². The van der Waals surface area contributed by atoms with E-state index in [9.17, 15) is 4.79 Å². The van der Waals surface area contributed by atoms with Crippen molar-refractivity contribution in [2.45, 2.75) is 19.3 Å². The van der Waals surface area contributed by atoms with Crippen LogP contribution in [0, 0.1) is 0 Å². The summed E-state index contributed by atoms with van der Waals surface area (Å²) in [6.45, 7) is 0.847. The van der Waals surface area contributed by atoms with E-state index in [-0.39, 0.29) is 5.91 Å². The molecule has 4 rings (SSSR count). The van der Waals surface area contributed by atoms with Crippen LogP contribution in [0.5, 0.6) is 5.75 Å². The van der Waals surface area contributed by atoms with Crippen molar-refractivity contribution in [2.75, 3.05) is 13.2 Å². The number of fused-ring (bicyclic) bond motifs is 2. The van der Waals surface area contributed by atoms with Crippen LogP contribution in [0.25, 0.3) is 10.9 Å². The zero-order chi connectivity index (χ0) is 18.1. The van der Waals surface area contributed by atoms with Crippen LogP contribution in [0.2, 0.25) is 5.02 Å². The Morgan fingerprint density at radius 1 is 1.19 bits per heavy atom. The van der Waals surface area contributed by atoms with Crippen LogP contribution in [-0.4, -0.2) is 23.6 Å². The molecule has 134 valence electrons. The molecule has 0 unspecified atom stereocenters. The van der Waals surface area contributed by atoms with Crippen molar-refractivity contribution in [1.29, 1.82) is 0 Å². The number of aromatic nitrogens is 1. The van der Waals surface area contributed by atoms with Gasteiger partial charge in [0.25, 0.3) is 5.91 Å². The molecule has 0 saturated carbocycles. The normalized spacial score (nSPS) is 13.0. The first-order valence-corrected chi connectivity index (χ1v) is 9.28. The molecule has 1 aliphatic rings. The number of amides is 1. The van der Waals surface area contributed by atoms with Gasteiger partial charge in [0, 0.05) is 18.0 Å². The molecule has 0 fully saturated rings.